The van der Waals surface area contributed by atoms with Gasteiger partial charge in [-0.05, 0) is 24.0 Å². The van der Waals surface area contributed by atoms with Crippen LogP contribution in [0.3, 0.4) is 0 Å². The van der Waals surface area contributed by atoms with Crippen molar-refractivity contribution >= 4 is 5.97 Å². The summed E-state index contributed by atoms with van der Waals surface area (Å²) in [5, 5.41) is 0. The number of benzene rings is 1. The molecule has 0 atom stereocenters. The molecule has 0 aromatic heterocycles. The zero-order valence-electron chi connectivity index (χ0n) is 11.6. The lowest BCUT2D eigenvalue weighted by Gasteiger charge is -2.05. The van der Waals surface area contributed by atoms with Crippen molar-refractivity contribution in [2.45, 2.75) is 59.0 Å². The molecule has 1 rings (SSSR count). The minimum atomic E-state index is -0.0781. The van der Waals surface area contributed by atoms with Gasteiger partial charge in [0.2, 0.25) is 0 Å². The maximum atomic E-state index is 11.5. The summed E-state index contributed by atoms with van der Waals surface area (Å²) in [5.41, 5.74) is 2.37. The maximum Gasteiger partial charge on any atom is 0.306 e. The van der Waals surface area contributed by atoms with Crippen LogP contribution in [-0.2, 0) is 22.6 Å². The fourth-order valence-corrected chi connectivity index (χ4v) is 1.80. The van der Waals surface area contributed by atoms with Gasteiger partial charge in [0.15, 0.2) is 0 Å². The Labute approximate surface area is 110 Å². The average Bonchev–Trinajstić information content (AvgIpc) is 2.42. The van der Waals surface area contributed by atoms with Crippen molar-refractivity contribution in [1.29, 1.82) is 0 Å². The Kier molecular flexibility index (Phi) is 7.16. The van der Waals surface area contributed by atoms with Gasteiger partial charge in [0.1, 0.15) is 6.61 Å². The van der Waals surface area contributed by atoms with E-state index in [4.69, 9.17) is 4.74 Å². The van der Waals surface area contributed by atoms with Gasteiger partial charge in [0.25, 0.3) is 0 Å². The summed E-state index contributed by atoms with van der Waals surface area (Å²) >= 11 is 0. The lowest BCUT2D eigenvalue weighted by Crippen LogP contribution is -2.04. The Balaban J connectivity index is 2.20. The zero-order valence-corrected chi connectivity index (χ0v) is 11.6. The molecule has 0 unspecified atom stereocenters. The molecule has 2 nitrogen and oxygen atoms in total. The van der Waals surface area contributed by atoms with Crippen LogP contribution in [0.1, 0.15) is 57.1 Å². The Morgan fingerprint density at radius 2 is 1.67 bits per heavy atom. The van der Waals surface area contributed by atoms with Gasteiger partial charge < -0.3 is 4.74 Å². The van der Waals surface area contributed by atoms with E-state index in [1.54, 1.807) is 0 Å². The highest BCUT2D eigenvalue weighted by molar-refractivity contribution is 5.69. The molecule has 0 aliphatic carbocycles. The van der Waals surface area contributed by atoms with Crippen LogP contribution in [0.25, 0.3) is 0 Å². The van der Waals surface area contributed by atoms with Crippen LogP contribution >= 0.6 is 0 Å². The van der Waals surface area contributed by atoms with E-state index in [0.29, 0.717) is 13.0 Å². The molecule has 1 aromatic carbocycles. The number of esters is 1. The lowest BCUT2D eigenvalue weighted by molar-refractivity contribution is -0.145. The van der Waals surface area contributed by atoms with Gasteiger partial charge in [0, 0.05) is 6.42 Å². The van der Waals surface area contributed by atoms with E-state index < -0.39 is 0 Å². The molecule has 0 saturated carbocycles. The molecular formula is C16H24O2. The highest BCUT2D eigenvalue weighted by Crippen LogP contribution is 2.08. The van der Waals surface area contributed by atoms with Crippen LogP contribution in [0.5, 0.6) is 0 Å². The first-order valence-electron chi connectivity index (χ1n) is 6.99. The number of unbranched alkanes of at least 4 members (excludes halogenated alkanes) is 3. The van der Waals surface area contributed by atoms with Gasteiger partial charge in [-0.1, -0.05) is 57.4 Å². The summed E-state index contributed by atoms with van der Waals surface area (Å²) in [6.45, 7) is 4.69. The Hall–Kier alpha value is -1.31. The van der Waals surface area contributed by atoms with E-state index in [-0.39, 0.29) is 5.97 Å². The van der Waals surface area contributed by atoms with E-state index in [1.165, 1.54) is 18.4 Å². The smallest absolute Gasteiger partial charge is 0.306 e. The number of carbonyl (C=O) groups excluding carboxylic acids is 1. The van der Waals surface area contributed by atoms with Gasteiger partial charge in [0.05, 0.1) is 0 Å². The molecule has 18 heavy (non-hydrogen) atoms. The molecule has 0 aliphatic heterocycles. The molecule has 0 amide bonds. The molecule has 0 bridgehead atoms. The highest BCUT2D eigenvalue weighted by atomic mass is 16.5. The molecule has 0 heterocycles. The van der Waals surface area contributed by atoms with Crippen molar-refractivity contribution in [3.63, 3.8) is 0 Å². The summed E-state index contributed by atoms with van der Waals surface area (Å²) in [7, 11) is 0. The van der Waals surface area contributed by atoms with Crippen LogP contribution in [-0.4, -0.2) is 5.97 Å². The number of aryl methyl sites for hydroxylation is 1. The molecule has 2 heteroatoms. The van der Waals surface area contributed by atoms with Gasteiger partial charge >= 0.3 is 5.97 Å². The fraction of sp³-hybridized carbons (Fsp3) is 0.562. The third-order valence-corrected chi connectivity index (χ3v) is 3.07. The normalized spacial score (nSPS) is 10.3. The second-order valence-electron chi connectivity index (χ2n) is 4.64. The largest absolute Gasteiger partial charge is 0.461 e. The molecule has 1 aromatic rings. The van der Waals surface area contributed by atoms with Crippen LogP contribution < -0.4 is 0 Å². The lowest BCUT2D eigenvalue weighted by atomic mass is 10.1. The standard InChI is InChI=1S/C16H24O2/c1-3-5-6-7-8-16(17)18-13-15-11-9-14(4-2)10-12-15/h9-12H,3-8,13H2,1-2H3. The molecule has 0 spiro atoms. The van der Waals surface area contributed by atoms with Gasteiger partial charge in [-0.2, -0.15) is 0 Å². The summed E-state index contributed by atoms with van der Waals surface area (Å²) in [5.74, 6) is -0.0781. The van der Waals surface area contributed by atoms with Crippen LogP contribution in [0.4, 0.5) is 0 Å². The van der Waals surface area contributed by atoms with Crippen molar-refractivity contribution in [1.82, 2.24) is 0 Å². The third kappa shape index (κ3) is 5.85. The minimum absolute atomic E-state index is 0.0781. The van der Waals surface area contributed by atoms with E-state index in [0.717, 1.165) is 24.8 Å². The number of hydrogen-bond acceptors (Lipinski definition) is 2. The summed E-state index contributed by atoms with van der Waals surface area (Å²) in [6, 6.07) is 8.24. The molecule has 0 saturated heterocycles. The first-order chi connectivity index (χ1) is 8.76. The van der Waals surface area contributed by atoms with Crippen LogP contribution in [0.15, 0.2) is 24.3 Å². The number of carbonyl (C=O) groups is 1. The van der Waals surface area contributed by atoms with Gasteiger partial charge in [-0.3, -0.25) is 4.79 Å². The molecular weight excluding hydrogens is 224 g/mol. The Bertz CT molecular complexity index is 341. The monoisotopic (exact) mass is 248 g/mol. The number of hydrogen-bond donors (Lipinski definition) is 0. The SMILES string of the molecule is CCCCCCC(=O)OCc1ccc(CC)cc1. The predicted molar refractivity (Wildman–Crippen MR) is 74.4 cm³/mol. The van der Waals surface area contributed by atoms with Crippen molar-refractivity contribution in [2.24, 2.45) is 0 Å². The third-order valence-electron chi connectivity index (χ3n) is 3.07. The van der Waals surface area contributed by atoms with E-state index in [9.17, 15) is 4.79 Å². The topological polar surface area (TPSA) is 26.3 Å². The Morgan fingerprint density at radius 3 is 2.28 bits per heavy atom. The second kappa shape index (κ2) is 8.73. The quantitative estimate of drug-likeness (QED) is 0.507. The summed E-state index contributed by atoms with van der Waals surface area (Å²) in [4.78, 5) is 11.5. The van der Waals surface area contributed by atoms with Crippen molar-refractivity contribution in [3.05, 3.63) is 35.4 Å². The summed E-state index contributed by atoms with van der Waals surface area (Å²) < 4.78 is 5.24. The van der Waals surface area contributed by atoms with Crippen molar-refractivity contribution in [2.75, 3.05) is 0 Å². The highest BCUT2D eigenvalue weighted by Gasteiger charge is 2.03. The fourth-order valence-electron chi connectivity index (χ4n) is 1.80. The summed E-state index contributed by atoms with van der Waals surface area (Å²) in [6.07, 6.45) is 6.05. The zero-order chi connectivity index (χ0) is 13.2. The van der Waals surface area contributed by atoms with E-state index in [2.05, 4.69) is 26.0 Å². The second-order valence-corrected chi connectivity index (χ2v) is 4.64. The van der Waals surface area contributed by atoms with Crippen LogP contribution in [0, 0.1) is 0 Å². The first-order valence-corrected chi connectivity index (χ1v) is 6.99. The van der Waals surface area contributed by atoms with Crippen molar-refractivity contribution < 1.29 is 9.53 Å². The number of ether oxygens (including phenoxy) is 1. The average molecular weight is 248 g/mol. The molecule has 0 N–H and O–H groups in total. The first kappa shape index (κ1) is 14.7. The number of rotatable bonds is 8. The molecule has 0 radical (unpaired) electrons. The van der Waals surface area contributed by atoms with Crippen molar-refractivity contribution in [3.8, 4) is 0 Å². The van der Waals surface area contributed by atoms with Gasteiger partial charge in [-0.25, -0.2) is 0 Å². The maximum absolute atomic E-state index is 11.5. The van der Waals surface area contributed by atoms with E-state index in [1.807, 2.05) is 12.1 Å². The van der Waals surface area contributed by atoms with Crippen LogP contribution in [0.2, 0.25) is 0 Å². The predicted octanol–water partition coefficient (Wildman–Crippen LogP) is 4.26. The van der Waals surface area contributed by atoms with E-state index >= 15 is 0 Å². The van der Waals surface area contributed by atoms with Gasteiger partial charge in [-0.15, -0.1) is 0 Å². The molecule has 0 aliphatic rings. The Morgan fingerprint density at radius 1 is 1.00 bits per heavy atom. The minimum Gasteiger partial charge on any atom is -0.461 e. The molecule has 100 valence electrons. The molecule has 0 fully saturated rings.